The summed E-state index contributed by atoms with van der Waals surface area (Å²) in [5, 5.41) is 3.13. The highest BCUT2D eigenvalue weighted by atomic mass is 19.1. The first-order valence-electron chi connectivity index (χ1n) is 5.62. The van der Waals surface area contributed by atoms with E-state index in [2.05, 4.69) is 10.3 Å². The molecule has 0 saturated heterocycles. The van der Waals surface area contributed by atoms with Crippen LogP contribution < -0.4 is 5.32 Å². The van der Waals surface area contributed by atoms with Gasteiger partial charge in [0.15, 0.2) is 0 Å². The molecule has 1 heterocycles. The van der Waals surface area contributed by atoms with Crippen LogP contribution in [0.25, 0.3) is 5.69 Å². The molecule has 0 radical (unpaired) electrons. The van der Waals surface area contributed by atoms with Gasteiger partial charge in [-0.15, -0.1) is 0 Å². The Labute approximate surface area is 104 Å². The van der Waals surface area contributed by atoms with Crippen molar-refractivity contribution in [2.24, 2.45) is 0 Å². The number of hydrogen-bond donors (Lipinski definition) is 1. The minimum absolute atomic E-state index is 0.348. The maximum atomic E-state index is 13.2. The first kappa shape index (κ1) is 12.7. The van der Waals surface area contributed by atoms with Crippen LogP contribution in [0.5, 0.6) is 0 Å². The summed E-state index contributed by atoms with van der Waals surface area (Å²) < 4.78 is 28.2. The number of nitrogens with one attached hydrogen (secondary N) is 1. The van der Waals surface area contributed by atoms with Crippen molar-refractivity contribution >= 4 is 0 Å². The molecule has 0 bridgehead atoms. The van der Waals surface area contributed by atoms with Gasteiger partial charge < -0.3 is 9.88 Å². The average molecular weight is 251 g/mol. The second-order valence-electron chi connectivity index (χ2n) is 4.65. The van der Waals surface area contributed by atoms with Gasteiger partial charge in [-0.3, -0.25) is 0 Å². The lowest BCUT2D eigenvalue weighted by molar-refractivity contribution is 0.424. The predicted octanol–water partition coefficient (Wildman–Crippen LogP) is 2.61. The molecule has 18 heavy (non-hydrogen) atoms. The third-order valence-electron chi connectivity index (χ3n) is 3.03. The van der Waals surface area contributed by atoms with Gasteiger partial charge in [0.05, 0.1) is 29.4 Å². The van der Waals surface area contributed by atoms with Crippen LogP contribution >= 0.6 is 0 Å². The predicted molar refractivity (Wildman–Crippen MR) is 65.6 cm³/mol. The molecule has 3 nitrogen and oxygen atoms in total. The second-order valence-corrected chi connectivity index (χ2v) is 4.65. The van der Waals surface area contributed by atoms with Crippen molar-refractivity contribution in [3.05, 3.63) is 48.1 Å². The van der Waals surface area contributed by atoms with E-state index in [0.717, 1.165) is 11.8 Å². The summed E-state index contributed by atoms with van der Waals surface area (Å²) in [6.07, 6.45) is 3.22. The van der Waals surface area contributed by atoms with Gasteiger partial charge in [-0.1, -0.05) is 0 Å². The molecule has 0 aliphatic heterocycles. The fourth-order valence-corrected chi connectivity index (χ4v) is 1.77. The monoisotopic (exact) mass is 251 g/mol. The summed E-state index contributed by atoms with van der Waals surface area (Å²) in [6, 6.07) is 3.41. The minimum atomic E-state index is -0.605. The first-order valence-corrected chi connectivity index (χ1v) is 5.62. The van der Waals surface area contributed by atoms with Crippen LogP contribution in [0.3, 0.4) is 0 Å². The van der Waals surface area contributed by atoms with E-state index in [4.69, 9.17) is 0 Å². The molecular formula is C13H15F2N3. The number of benzene rings is 1. The zero-order valence-electron chi connectivity index (χ0n) is 10.5. The normalized spacial score (nSPS) is 11.8. The highest BCUT2D eigenvalue weighted by Gasteiger charge is 2.23. The van der Waals surface area contributed by atoms with Gasteiger partial charge in [0.2, 0.25) is 0 Å². The van der Waals surface area contributed by atoms with E-state index in [9.17, 15) is 8.78 Å². The summed E-state index contributed by atoms with van der Waals surface area (Å²) >= 11 is 0. The average Bonchev–Trinajstić information content (AvgIpc) is 2.77. The van der Waals surface area contributed by atoms with E-state index >= 15 is 0 Å². The third kappa shape index (κ3) is 2.26. The van der Waals surface area contributed by atoms with Gasteiger partial charge in [0, 0.05) is 6.07 Å². The topological polar surface area (TPSA) is 29.9 Å². The molecule has 0 amide bonds. The highest BCUT2D eigenvalue weighted by molar-refractivity contribution is 5.36. The molecule has 0 aliphatic carbocycles. The van der Waals surface area contributed by atoms with Crippen molar-refractivity contribution in [2.45, 2.75) is 19.4 Å². The molecule has 0 aliphatic rings. The van der Waals surface area contributed by atoms with E-state index in [-0.39, 0.29) is 5.54 Å². The summed E-state index contributed by atoms with van der Waals surface area (Å²) in [6.45, 7) is 3.94. The zero-order valence-corrected chi connectivity index (χ0v) is 10.5. The molecule has 2 aromatic rings. The number of aromatic nitrogens is 2. The highest BCUT2D eigenvalue weighted by Crippen LogP contribution is 2.23. The van der Waals surface area contributed by atoms with Crippen molar-refractivity contribution in [3.63, 3.8) is 0 Å². The van der Waals surface area contributed by atoms with Crippen LogP contribution in [-0.4, -0.2) is 16.6 Å². The Hall–Kier alpha value is -1.75. The molecule has 1 N–H and O–H groups in total. The molecule has 1 aromatic carbocycles. The Morgan fingerprint density at radius 3 is 2.33 bits per heavy atom. The van der Waals surface area contributed by atoms with Crippen LogP contribution in [0.2, 0.25) is 0 Å². The van der Waals surface area contributed by atoms with Gasteiger partial charge in [-0.25, -0.2) is 13.8 Å². The minimum Gasteiger partial charge on any atom is -0.310 e. The van der Waals surface area contributed by atoms with Gasteiger partial charge in [-0.2, -0.15) is 0 Å². The molecular weight excluding hydrogens is 236 g/mol. The fraction of sp³-hybridized carbons (Fsp3) is 0.308. The zero-order chi connectivity index (χ0) is 13.3. The third-order valence-corrected chi connectivity index (χ3v) is 3.03. The fourth-order valence-electron chi connectivity index (χ4n) is 1.77. The number of rotatable bonds is 3. The number of hydrogen-bond acceptors (Lipinski definition) is 2. The van der Waals surface area contributed by atoms with Gasteiger partial charge in [0.25, 0.3) is 0 Å². The van der Waals surface area contributed by atoms with Crippen molar-refractivity contribution in [3.8, 4) is 5.69 Å². The van der Waals surface area contributed by atoms with Gasteiger partial charge >= 0.3 is 0 Å². The first-order chi connectivity index (χ1) is 8.44. The summed E-state index contributed by atoms with van der Waals surface area (Å²) in [5.41, 5.74) is 0.901. The molecule has 1 aromatic heterocycles. The summed E-state index contributed by atoms with van der Waals surface area (Å²) in [5.74, 6) is -1.21. The molecule has 0 unspecified atom stereocenters. The van der Waals surface area contributed by atoms with Crippen molar-refractivity contribution in [1.82, 2.24) is 14.9 Å². The molecule has 96 valence electrons. The van der Waals surface area contributed by atoms with Crippen molar-refractivity contribution in [1.29, 1.82) is 0 Å². The Morgan fingerprint density at radius 2 is 1.78 bits per heavy atom. The smallest absolute Gasteiger partial charge is 0.128 e. The molecule has 0 atom stereocenters. The molecule has 0 spiro atoms. The van der Waals surface area contributed by atoms with E-state index in [1.807, 2.05) is 20.9 Å². The Bertz CT molecular complexity index is 541. The Kier molecular flexibility index (Phi) is 3.17. The molecule has 5 heteroatoms. The lowest BCUT2D eigenvalue weighted by atomic mass is 10.0. The standard InChI is InChI=1S/C13H15F2N3/c1-13(2,16-3)12-7-17-8-18(12)11-5-9(14)4-10(15)6-11/h4-8,16H,1-3H3. The number of imidazole rings is 1. The van der Waals surface area contributed by atoms with E-state index in [1.54, 1.807) is 17.1 Å². The van der Waals surface area contributed by atoms with Crippen LogP contribution in [0.4, 0.5) is 8.78 Å². The molecule has 2 rings (SSSR count). The van der Waals surface area contributed by atoms with Gasteiger partial charge in [0.1, 0.15) is 11.6 Å². The lowest BCUT2D eigenvalue weighted by Gasteiger charge is -2.25. The second kappa shape index (κ2) is 4.49. The Morgan fingerprint density at radius 1 is 1.17 bits per heavy atom. The maximum absolute atomic E-state index is 13.2. The number of halogens is 2. The van der Waals surface area contributed by atoms with Crippen molar-refractivity contribution in [2.75, 3.05) is 7.05 Å². The van der Waals surface area contributed by atoms with Crippen LogP contribution in [0.1, 0.15) is 19.5 Å². The Balaban J connectivity index is 2.55. The quantitative estimate of drug-likeness (QED) is 0.908. The van der Waals surface area contributed by atoms with E-state index in [0.29, 0.717) is 5.69 Å². The largest absolute Gasteiger partial charge is 0.310 e. The summed E-state index contributed by atoms with van der Waals surface area (Å²) in [7, 11) is 1.82. The van der Waals surface area contributed by atoms with E-state index in [1.165, 1.54) is 12.1 Å². The summed E-state index contributed by atoms with van der Waals surface area (Å²) in [4.78, 5) is 4.05. The van der Waals surface area contributed by atoms with Crippen LogP contribution in [0, 0.1) is 11.6 Å². The van der Waals surface area contributed by atoms with Crippen LogP contribution in [0.15, 0.2) is 30.7 Å². The lowest BCUT2D eigenvalue weighted by Crippen LogP contribution is -2.35. The molecule has 0 saturated carbocycles. The van der Waals surface area contributed by atoms with Gasteiger partial charge in [-0.05, 0) is 33.0 Å². The number of nitrogens with zero attached hydrogens (tertiary/aromatic N) is 2. The SMILES string of the molecule is CNC(C)(C)c1cncn1-c1cc(F)cc(F)c1. The molecule has 0 fully saturated rings. The van der Waals surface area contributed by atoms with Crippen molar-refractivity contribution < 1.29 is 8.78 Å². The van der Waals surface area contributed by atoms with E-state index < -0.39 is 11.6 Å². The van der Waals surface area contributed by atoms with Crippen LogP contribution in [-0.2, 0) is 5.54 Å². The maximum Gasteiger partial charge on any atom is 0.128 e.